The van der Waals surface area contributed by atoms with Gasteiger partial charge in [-0.15, -0.1) is 5.10 Å². The zero-order chi connectivity index (χ0) is 11.5. The molecule has 1 rings (SSSR count). The van der Waals surface area contributed by atoms with Crippen LogP contribution in [0, 0.1) is 0 Å². The van der Waals surface area contributed by atoms with Gasteiger partial charge in [-0.3, -0.25) is 4.68 Å². The van der Waals surface area contributed by atoms with Gasteiger partial charge in [0.25, 0.3) is 0 Å². The standard InChI is InChI=1S/C8H12F3N3O/c1-6(15)7-5-14(13-12-7)4-2-3-8(9,10)11/h5-6,15H,2-4H2,1H3. The van der Waals surface area contributed by atoms with Crippen LogP contribution in [0.4, 0.5) is 13.2 Å². The van der Waals surface area contributed by atoms with Crippen molar-refractivity contribution in [1.29, 1.82) is 0 Å². The van der Waals surface area contributed by atoms with Crippen molar-refractivity contribution >= 4 is 0 Å². The average molecular weight is 223 g/mol. The number of aromatic nitrogens is 3. The van der Waals surface area contributed by atoms with Crippen molar-refractivity contribution in [3.05, 3.63) is 11.9 Å². The first-order chi connectivity index (χ1) is 6.88. The molecular weight excluding hydrogens is 211 g/mol. The van der Waals surface area contributed by atoms with Gasteiger partial charge in [-0.1, -0.05) is 5.21 Å². The predicted molar refractivity (Wildman–Crippen MR) is 45.9 cm³/mol. The van der Waals surface area contributed by atoms with Crippen LogP contribution in [0.15, 0.2) is 6.20 Å². The Hall–Kier alpha value is -1.11. The summed E-state index contributed by atoms with van der Waals surface area (Å²) in [6.07, 6.45) is -4.31. The zero-order valence-electron chi connectivity index (χ0n) is 8.20. The molecule has 0 saturated heterocycles. The van der Waals surface area contributed by atoms with Gasteiger partial charge in [0.15, 0.2) is 0 Å². The van der Waals surface area contributed by atoms with E-state index >= 15 is 0 Å². The van der Waals surface area contributed by atoms with Gasteiger partial charge in [-0.25, -0.2) is 0 Å². The monoisotopic (exact) mass is 223 g/mol. The average Bonchev–Trinajstić information content (AvgIpc) is 2.50. The highest BCUT2D eigenvalue weighted by molar-refractivity contribution is 4.95. The molecule has 0 radical (unpaired) electrons. The molecule has 0 fully saturated rings. The van der Waals surface area contributed by atoms with Gasteiger partial charge in [0.1, 0.15) is 5.69 Å². The molecule has 0 aliphatic rings. The molecule has 1 heterocycles. The third kappa shape index (κ3) is 4.28. The molecule has 0 amide bonds. The third-order valence-corrected chi connectivity index (χ3v) is 1.83. The fraction of sp³-hybridized carbons (Fsp3) is 0.750. The molecule has 1 unspecified atom stereocenters. The highest BCUT2D eigenvalue weighted by atomic mass is 19.4. The summed E-state index contributed by atoms with van der Waals surface area (Å²) in [6, 6.07) is 0. The topological polar surface area (TPSA) is 50.9 Å². The maximum atomic E-state index is 11.8. The normalized spacial score (nSPS) is 14.2. The van der Waals surface area contributed by atoms with Crippen molar-refractivity contribution in [3.8, 4) is 0 Å². The van der Waals surface area contributed by atoms with Crippen LogP contribution in [0.1, 0.15) is 31.6 Å². The molecule has 0 aliphatic heterocycles. The summed E-state index contributed by atoms with van der Waals surface area (Å²) in [6.45, 7) is 1.67. The second-order valence-electron chi connectivity index (χ2n) is 3.30. The number of aliphatic hydroxyl groups is 1. The van der Waals surface area contributed by atoms with Crippen LogP contribution >= 0.6 is 0 Å². The Morgan fingerprint density at radius 3 is 2.67 bits per heavy atom. The lowest BCUT2D eigenvalue weighted by molar-refractivity contribution is -0.136. The number of halogens is 3. The molecule has 1 aromatic rings. The van der Waals surface area contributed by atoms with Crippen LogP contribution in [0.5, 0.6) is 0 Å². The number of rotatable bonds is 4. The first-order valence-electron chi connectivity index (χ1n) is 4.53. The Bertz CT molecular complexity index is 308. The van der Waals surface area contributed by atoms with Crippen LogP contribution in [0.3, 0.4) is 0 Å². The van der Waals surface area contributed by atoms with E-state index in [2.05, 4.69) is 10.3 Å². The number of aryl methyl sites for hydroxylation is 1. The number of alkyl halides is 3. The minimum Gasteiger partial charge on any atom is -0.387 e. The Balaban J connectivity index is 2.38. The lowest BCUT2D eigenvalue weighted by Gasteiger charge is -2.04. The van der Waals surface area contributed by atoms with Crippen LogP contribution < -0.4 is 0 Å². The summed E-state index contributed by atoms with van der Waals surface area (Å²) >= 11 is 0. The van der Waals surface area contributed by atoms with Crippen LogP contribution in [0.2, 0.25) is 0 Å². The number of hydrogen-bond acceptors (Lipinski definition) is 3. The van der Waals surface area contributed by atoms with Crippen molar-refractivity contribution in [2.45, 2.75) is 38.6 Å². The number of aliphatic hydroxyl groups excluding tert-OH is 1. The van der Waals surface area contributed by atoms with Crippen molar-refractivity contribution in [1.82, 2.24) is 15.0 Å². The predicted octanol–water partition coefficient (Wildman–Crippen LogP) is 1.67. The van der Waals surface area contributed by atoms with E-state index in [1.165, 1.54) is 17.8 Å². The first-order valence-corrected chi connectivity index (χ1v) is 4.53. The van der Waals surface area contributed by atoms with Crippen molar-refractivity contribution < 1.29 is 18.3 Å². The van der Waals surface area contributed by atoms with Crippen LogP contribution in [0.25, 0.3) is 0 Å². The smallest absolute Gasteiger partial charge is 0.387 e. The summed E-state index contributed by atoms with van der Waals surface area (Å²) in [5.74, 6) is 0. The summed E-state index contributed by atoms with van der Waals surface area (Å²) in [4.78, 5) is 0. The molecule has 1 atom stereocenters. The lowest BCUT2D eigenvalue weighted by atomic mass is 10.3. The third-order valence-electron chi connectivity index (χ3n) is 1.83. The molecule has 0 bridgehead atoms. The fourth-order valence-corrected chi connectivity index (χ4v) is 1.06. The van der Waals surface area contributed by atoms with Gasteiger partial charge < -0.3 is 5.11 Å². The SMILES string of the molecule is CC(O)c1cn(CCCC(F)(F)F)nn1. The summed E-state index contributed by atoms with van der Waals surface area (Å²) < 4.78 is 36.7. The van der Waals surface area contributed by atoms with E-state index in [-0.39, 0.29) is 13.0 Å². The summed E-state index contributed by atoms with van der Waals surface area (Å²) in [5, 5.41) is 16.3. The molecule has 0 saturated carbocycles. The van der Waals surface area contributed by atoms with E-state index in [4.69, 9.17) is 5.11 Å². The van der Waals surface area contributed by atoms with E-state index in [0.717, 1.165) is 0 Å². The molecule has 7 heteroatoms. The highest BCUT2D eigenvalue weighted by Crippen LogP contribution is 2.21. The Morgan fingerprint density at radius 2 is 2.20 bits per heavy atom. The van der Waals surface area contributed by atoms with E-state index in [0.29, 0.717) is 5.69 Å². The molecule has 1 aromatic heterocycles. The number of nitrogens with zero attached hydrogens (tertiary/aromatic N) is 3. The molecule has 0 spiro atoms. The highest BCUT2D eigenvalue weighted by Gasteiger charge is 2.26. The second-order valence-corrected chi connectivity index (χ2v) is 3.30. The van der Waals surface area contributed by atoms with Crippen molar-refractivity contribution in [2.24, 2.45) is 0 Å². The van der Waals surface area contributed by atoms with Gasteiger partial charge in [0.2, 0.25) is 0 Å². The molecule has 0 aromatic carbocycles. The molecule has 15 heavy (non-hydrogen) atoms. The summed E-state index contributed by atoms with van der Waals surface area (Å²) in [7, 11) is 0. The van der Waals surface area contributed by atoms with Gasteiger partial charge in [0.05, 0.1) is 12.3 Å². The van der Waals surface area contributed by atoms with Gasteiger partial charge >= 0.3 is 6.18 Å². The quantitative estimate of drug-likeness (QED) is 0.844. The number of hydrogen-bond donors (Lipinski definition) is 1. The van der Waals surface area contributed by atoms with E-state index < -0.39 is 18.7 Å². The second kappa shape index (κ2) is 4.61. The Kier molecular flexibility index (Phi) is 3.67. The molecule has 0 aliphatic carbocycles. The van der Waals surface area contributed by atoms with Gasteiger partial charge in [-0.2, -0.15) is 13.2 Å². The van der Waals surface area contributed by atoms with Crippen molar-refractivity contribution in [3.63, 3.8) is 0 Å². The molecule has 4 nitrogen and oxygen atoms in total. The zero-order valence-corrected chi connectivity index (χ0v) is 8.20. The van der Waals surface area contributed by atoms with Gasteiger partial charge in [0, 0.05) is 13.0 Å². The molecule has 86 valence electrons. The van der Waals surface area contributed by atoms with Crippen molar-refractivity contribution in [2.75, 3.05) is 0 Å². The largest absolute Gasteiger partial charge is 0.389 e. The van der Waals surface area contributed by atoms with E-state index in [1.54, 1.807) is 0 Å². The lowest BCUT2D eigenvalue weighted by Crippen LogP contribution is -2.09. The maximum absolute atomic E-state index is 11.8. The Labute approximate surface area is 84.7 Å². The first kappa shape index (κ1) is 12.0. The minimum absolute atomic E-state index is 0.0356. The van der Waals surface area contributed by atoms with E-state index in [9.17, 15) is 13.2 Å². The minimum atomic E-state index is -4.13. The fourth-order valence-electron chi connectivity index (χ4n) is 1.06. The maximum Gasteiger partial charge on any atom is 0.389 e. The van der Waals surface area contributed by atoms with E-state index in [1.807, 2.05) is 0 Å². The molecule has 1 N–H and O–H groups in total. The molecular formula is C8H12F3N3O. The summed E-state index contributed by atoms with van der Waals surface area (Å²) in [5.41, 5.74) is 0.363. The Morgan fingerprint density at radius 1 is 1.53 bits per heavy atom. The van der Waals surface area contributed by atoms with Crippen LogP contribution in [-0.2, 0) is 6.54 Å². The van der Waals surface area contributed by atoms with Gasteiger partial charge in [-0.05, 0) is 13.3 Å². The van der Waals surface area contributed by atoms with Crippen LogP contribution in [-0.4, -0.2) is 26.3 Å².